The molecule has 0 radical (unpaired) electrons. The van der Waals surface area contributed by atoms with Crippen molar-refractivity contribution in [2.45, 2.75) is 186 Å². The van der Waals surface area contributed by atoms with Crippen LogP contribution in [0.2, 0.25) is 0 Å². The van der Waals surface area contributed by atoms with E-state index in [1.54, 1.807) is 72.1 Å². The first-order valence-electron chi connectivity index (χ1n) is 25.8. The van der Waals surface area contributed by atoms with Gasteiger partial charge in [-0.15, -0.1) is 0 Å². The molecule has 1 saturated carbocycles. The molecule has 3 aliphatic heterocycles. The number of rotatable bonds is 10. The number of aliphatic hydroxyl groups excluding tert-OH is 2. The first-order chi connectivity index (χ1) is 33.9. The van der Waals surface area contributed by atoms with E-state index in [4.69, 9.17) is 28.4 Å². The minimum Gasteiger partial charge on any atom is -0.460 e. The Balaban J connectivity index is 1.71. The van der Waals surface area contributed by atoms with Crippen molar-refractivity contribution < 1.29 is 80.9 Å². The molecule has 1 amide bonds. The summed E-state index contributed by atoms with van der Waals surface area (Å²) < 4.78 is 72.7. The van der Waals surface area contributed by atoms with Gasteiger partial charge in [-0.2, -0.15) is 13.2 Å². The fourth-order valence-corrected chi connectivity index (χ4v) is 10.5. The monoisotopic (exact) mass is 1030 g/mol. The molecule has 18 heteroatoms. The number of Topliss-reactive ketones (excluding diaryl/α,β-unsaturated/α-hetero) is 3. The van der Waals surface area contributed by atoms with Crippen LogP contribution in [0.1, 0.15) is 126 Å². The summed E-state index contributed by atoms with van der Waals surface area (Å²) in [6.45, 7) is 10.2. The highest BCUT2D eigenvalue weighted by Gasteiger charge is 2.53. The molecule has 0 aromatic carbocycles. The number of ether oxygens (including phenoxy) is 6. The molecule has 0 spiro atoms. The summed E-state index contributed by atoms with van der Waals surface area (Å²) in [5.74, 6) is -8.98. The Morgan fingerprint density at radius 3 is 2.28 bits per heavy atom. The van der Waals surface area contributed by atoms with Gasteiger partial charge in [-0.3, -0.25) is 19.2 Å². The molecular formula is C54H82F3NO14. The van der Waals surface area contributed by atoms with Crippen LogP contribution in [0.25, 0.3) is 0 Å². The lowest BCUT2D eigenvalue weighted by molar-refractivity contribution is -0.266. The number of fused-ring (bicyclic) bond motifs is 3. The Kier molecular flexibility index (Phi) is 24.0. The van der Waals surface area contributed by atoms with E-state index in [-0.39, 0.29) is 74.9 Å². The number of nitrogens with zero attached hydrogens (tertiary/aromatic N) is 1. The molecule has 3 fully saturated rings. The molecule has 3 N–H and O–H groups in total. The van der Waals surface area contributed by atoms with Crippen LogP contribution in [-0.2, 0) is 52.4 Å². The highest BCUT2D eigenvalue weighted by molar-refractivity contribution is 6.39. The van der Waals surface area contributed by atoms with Crippen LogP contribution < -0.4 is 0 Å². The largest absolute Gasteiger partial charge is 0.460 e. The molecule has 0 aromatic heterocycles. The number of methoxy groups -OCH3 is 2. The summed E-state index contributed by atoms with van der Waals surface area (Å²) >= 11 is 0. The van der Waals surface area contributed by atoms with E-state index in [1.807, 2.05) is 19.9 Å². The van der Waals surface area contributed by atoms with Crippen LogP contribution in [-0.4, -0.2) is 151 Å². The second-order valence-electron chi connectivity index (χ2n) is 20.9. The van der Waals surface area contributed by atoms with Crippen LogP contribution in [0, 0.1) is 35.5 Å². The van der Waals surface area contributed by atoms with Crippen molar-refractivity contribution in [2.75, 3.05) is 40.6 Å². The number of carbonyl (C=O) groups excluding carboxylic acids is 5. The number of esters is 1. The second kappa shape index (κ2) is 28.3. The maximum Gasteiger partial charge on any atom is 0.411 e. The normalized spacial score (nSPS) is 37.9. The Bertz CT molecular complexity index is 1940. The predicted octanol–water partition coefficient (Wildman–Crippen LogP) is 7.13. The molecule has 4 rings (SSSR count). The number of ketones is 3. The highest BCUT2D eigenvalue weighted by atomic mass is 19.4. The second-order valence-corrected chi connectivity index (χ2v) is 20.9. The fraction of sp³-hybridized carbons (Fsp3) is 0.759. The molecule has 15 atom stereocenters. The van der Waals surface area contributed by atoms with E-state index >= 15 is 0 Å². The average Bonchev–Trinajstić information content (AvgIpc) is 3.33. The summed E-state index contributed by atoms with van der Waals surface area (Å²) in [6.07, 6.45) is 4.09. The van der Waals surface area contributed by atoms with E-state index in [9.17, 15) is 52.5 Å². The highest BCUT2D eigenvalue weighted by Crippen LogP contribution is 2.38. The minimum absolute atomic E-state index is 0.00526. The molecular weight excluding hydrogens is 944 g/mol. The SMILES string of the molecule is CO[C@@H]1CC(C[C@@H](C)C2CC(=O)[C@H](C)/C=C(\C)[C@@H](O)[C@@H](OC)C(=O)[C@H](C)C[C@H](C)/C=C/C=C/C=C(\C)[C@H](OCCOCC(F)(F)F)C[C@@H]3CC[C@@H](C)[C@@](O)(O3)C(=O)C(=O)N3CCCC[C@H]3C(=O)O2)CC[C@H]1O. The van der Waals surface area contributed by atoms with Gasteiger partial charge in [0.15, 0.2) is 5.78 Å². The number of hydrogen-bond acceptors (Lipinski definition) is 14. The van der Waals surface area contributed by atoms with Crippen LogP contribution in [0.15, 0.2) is 47.6 Å². The molecule has 2 bridgehead atoms. The van der Waals surface area contributed by atoms with Crippen molar-refractivity contribution in [3.05, 3.63) is 47.6 Å². The smallest absolute Gasteiger partial charge is 0.411 e. The number of carbonyl (C=O) groups is 5. The zero-order valence-corrected chi connectivity index (χ0v) is 43.8. The van der Waals surface area contributed by atoms with Crippen molar-refractivity contribution >= 4 is 29.2 Å². The summed E-state index contributed by atoms with van der Waals surface area (Å²) in [6, 6.07) is -1.23. The number of amides is 1. The molecule has 2 unspecified atom stereocenters. The zero-order chi connectivity index (χ0) is 53.5. The molecule has 3 heterocycles. The molecule has 2 saturated heterocycles. The number of piperidine rings is 1. The van der Waals surface area contributed by atoms with Gasteiger partial charge in [0, 0.05) is 51.4 Å². The van der Waals surface area contributed by atoms with Gasteiger partial charge in [0.1, 0.15) is 36.7 Å². The van der Waals surface area contributed by atoms with Crippen molar-refractivity contribution in [3.8, 4) is 0 Å². The number of cyclic esters (lactones) is 1. The Labute approximate surface area is 423 Å². The average molecular weight is 1030 g/mol. The third-order valence-corrected chi connectivity index (χ3v) is 15.0. The lowest BCUT2D eigenvalue weighted by Crippen LogP contribution is -2.61. The number of hydrogen-bond donors (Lipinski definition) is 3. The van der Waals surface area contributed by atoms with E-state index in [1.165, 1.54) is 7.11 Å². The van der Waals surface area contributed by atoms with Crippen LogP contribution >= 0.6 is 0 Å². The van der Waals surface area contributed by atoms with Gasteiger partial charge in [-0.25, -0.2) is 4.79 Å². The van der Waals surface area contributed by atoms with Crippen LogP contribution in [0.4, 0.5) is 13.2 Å². The summed E-state index contributed by atoms with van der Waals surface area (Å²) in [5, 5.41) is 34.0. The van der Waals surface area contributed by atoms with E-state index < -0.39 is 103 Å². The molecule has 15 nitrogen and oxygen atoms in total. The van der Waals surface area contributed by atoms with Crippen LogP contribution in [0.5, 0.6) is 0 Å². The van der Waals surface area contributed by atoms with Gasteiger partial charge in [-0.1, -0.05) is 71.1 Å². The Morgan fingerprint density at radius 1 is 0.875 bits per heavy atom. The van der Waals surface area contributed by atoms with Gasteiger partial charge in [-0.05, 0) is 107 Å². The number of halogens is 3. The first-order valence-corrected chi connectivity index (χ1v) is 25.8. The third kappa shape index (κ3) is 17.5. The molecule has 4 aliphatic rings. The number of alkyl halides is 3. The lowest BCUT2D eigenvalue weighted by atomic mass is 9.78. The van der Waals surface area contributed by atoms with Gasteiger partial charge >= 0.3 is 12.1 Å². The summed E-state index contributed by atoms with van der Waals surface area (Å²) in [5.41, 5.74) is 0.984. The summed E-state index contributed by atoms with van der Waals surface area (Å²) in [7, 11) is 2.88. The quantitative estimate of drug-likeness (QED) is 0.0863. The molecule has 408 valence electrons. The molecule has 72 heavy (non-hydrogen) atoms. The molecule has 1 aliphatic carbocycles. The van der Waals surface area contributed by atoms with Crippen molar-refractivity contribution in [1.82, 2.24) is 4.90 Å². The summed E-state index contributed by atoms with van der Waals surface area (Å²) in [4.78, 5) is 72.2. The van der Waals surface area contributed by atoms with Gasteiger partial charge < -0.3 is 48.6 Å². The number of allylic oxidation sites excluding steroid dienone is 6. The topological polar surface area (TPSA) is 205 Å². The number of aliphatic hydroxyl groups is 3. The predicted molar refractivity (Wildman–Crippen MR) is 261 cm³/mol. The minimum atomic E-state index is -4.53. The van der Waals surface area contributed by atoms with Gasteiger partial charge in [0.2, 0.25) is 5.79 Å². The van der Waals surface area contributed by atoms with E-state index in [0.29, 0.717) is 62.5 Å². The van der Waals surface area contributed by atoms with Gasteiger partial charge in [0.25, 0.3) is 11.7 Å². The van der Waals surface area contributed by atoms with Crippen LogP contribution in [0.3, 0.4) is 0 Å². The van der Waals surface area contributed by atoms with E-state index in [0.717, 1.165) is 4.90 Å². The van der Waals surface area contributed by atoms with Crippen molar-refractivity contribution in [2.24, 2.45) is 35.5 Å². The standard InChI is InChI=1S/C54H82F3NO14/c1-32-15-11-10-12-16-33(2)44(70-24-23-69-31-53(55,56)57)29-40-20-18-38(7)54(66,72-40)50(63)51(64)58-22-14-13-17-41(58)52(65)71-45(35(4)27-39-19-21-42(59)46(28-39)67-8)30-43(60)34(3)26-37(6)48(62)49(68-9)47(61)36(5)25-32/h10-12,15-16,26,32,34-36,38-42,44-46,48-49,59,62,66H,13-14,17-25,27-31H2,1-9H3/b12-10+,15-11+,33-16+,37-26+/t32-,34-,35-,36-,38-,39?,40+,41+,42-,44-,45?,46-,48-,49+,54-/m1/s1. The molecule has 0 aromatic rings. The maximum absolute atomic E-state index is 14.4. The van der Waals surface area contributed by atoms with Crippen molar-refractivity contribution in [1.29, 1.82) is 0 Å². The zero-order valence-electron chi connectivity index (χ0n) is 43.8. The Morgan fingerprint density at radius 2 is 1.60 bits per heavy atom. The Hall–Kier alpha value is -3.62. The van der Waals surface area contributed by atoms with E-state index in [2.05, 4.69) is 0 Å². The maximum atomic E-state index is 14.4. The lowest BCUT2D eigenvalue weighted by Gasteiger charge is -2.43. The third-order valence-electron chi connectivity index (χ3n) is 15.0. The van der Waals surface area contributed by atoms with Crippen molar-refractivity contribution in [3.63, 3.8) is 0 Å². The first kappa shape index (κ1) is 60.9. The van der Waals surface area contributed by atoms with Gasteiger partial charge in [0.05, 0.1) is 37.6 Å². The fourth-order valence-electron chi connectivity index (χ4n) is 10.5.